The van der Waals surface area contributed by atoms with Gasteiger partial charge in [-0.05, 0) is 37.0 Å². The van der Waals surface area contributed by atoms with Crippen molar-refractivity contribution in [2.24, 2.45) is 5.73 Å². The number of aryl methyl sites for hydroxylation is 2. The normalized spacial score (nSPS) is 12.9. The molecule has 2 aromatic rings. The Bertz CT molecular complexity index is 552. The molecule has 2 N–H and O–H groups in total. The summed E-state index contributed by atoms with van der Waals surface area (Å²) >= 11 is 0. The highest BCUT2D eigenvalue weighted by molar-refractivity contribution is 5.27. The van der Waals surface area contributed by atoms with Crippen LogP contribution in [0.3, 0.4) is 0 Å². The van der Waals surface area contributed by atoms with Gasteiger partial charge in [0.1, 0.15) is 0 Å². The molecule has 0 bridgehead atoms. The van der Waals surface area contributed by atoms with Crippen LogP contribution in [0.25, 0.3) is 0 Å². The monoisotopic (exact) mass is 271 g/mol. The van der Waals surface area contributed by atoms with E-state index in [4.69, 9.17) is 5.73 Å². The van der Waals surface area contributed by atoms with E-state index < -0.39 is 0 Å². The molecule has 1 aromatic carbocycles. The minimum atomic E-state index is 0.0256. The standard InChI is InChI=1S/C17H25N3/c1-5-20-16(10-13(4)19-20)11-17(18)15-8-6-14(7-9-15)12(2)3/h6-10,12,17H,5,11,18H2,1-4H3. The van der Waals surface area contributed by atoms with Gasteiger partial charge in [-0.2, -0.15) is 5.10 Å². The van der Waals surface area contributed by atoms with Crippen LogP contribution in [0.2, 0.25) is 0 Å². The molecular weight excluding hydrogens is 246 g/mol. The number of benzene rings is 1. The second-order valence-electron chi connectivity index (χ2n) is 5.72. The smallest absolute Gasteiger partial charge is 0.0596 e. The first-order chi connectivity index (χ1) is 9.51. The summed E-state index contributed by atoms with van der Waals surface area (Å²) in [6.45, 7) is 9.44. The maximum Gasteiger partial charge on any atom is 0.0596 e. The number of hydrogen-bond acceptors (Lipinski definition) is 2. The lowest BCUT2D eigenvalue weighted by molar-refractivity contribution is 0.587. The summed E-state index contributed by atoms with van der Waals surface area (Å²) in [4.78, 5) is 0. The average Bonchev–Trinajstić information content (AvgIpc) is 2.78. The molecule has 0 saturated carbocycles. The minimum absolute atomic E-state index is 0.0256. The zero-order chi connectivity index (χ0) is 14.7. The van der Waals surface area contributed by atoms with E-state index in [2.05, 4.69) is 56.2 Å². The van der Waals surface area contributed by atoms with Crippen LogP contribution in [0.15, 0.2) is 30.3 Å². The Kier molecular flexibility index (Phi) is 4.61. The van der Waals surface area contributed by atoms with Gasteiger partial charge in [0.2, 0.25) is 0 Å². The van der Waals surface area contributed by atoms with E-state index in [1.165, 1.54) is 16.8 Å². The summed E-state index contributed by atoms with van der Waals surface area (Å²) in [5, 5.41) is 4.47. The highest BCUT2D eigenvalue weighted by Gasteiger charge is 2.12. The SMILES string of the molecule is CCn1nc(C)cc1CC(N)c1ccc(C(C)C)cc1. The summed E-state index contributed by atoms with van der Waals surface area (Å²) < 4.78 is 2.04. The fourth-order valence-electron chi connectivity index (χ4n) is 2.51. The number of rotatable bonds is 5. The van der Waals surface area contributed by atoms with Crippen LogP contribution >= 0.6 is 0 Å². The molecule has 20 heavy (non-hydrogen) atoms. The highest BCUT2D eigenvalue weighted by atomic mass is 15.3. The Balaban J connectivity index is 2.13. The van der Waals surface area contributed by atoms with Crippen molar-refractivity contribution in [3.05, 3.63) is 52.8 Å². The quantitative estimate of drug-likeness (QED) is 0.903. The zero-order valence-corrected chi connectivity index (χ0v) is 12.9. The molecular formula is C17H25N3. The third-order valence-corrected chi connectivity index (χ3v) is 3.75. The van der Waals surface area contributed by atoms with Crippen molar-refractivity contribution in [1.29, 1.82) is 0 Å². The Morgan fingerprint density at radius 3 is 2.30 bits per heavy atom. The number of nitrogens with two attached hydrogens (primary N) is 1. The Morgan fingerprint density at radius 1 is 1.15 bits per heavy atom. The van der Waals surface area contributed by atoms with Gasteiger partial charge in [-0.25, -0.2) is 0 Å². The van der Waals surface area contributed by atoms with Gasteiger partial charge in [-0.15, -0.1) is 0 Å². The van der Waals surface area contributed by atoms with Gasteiger partial charge in [0.05, 0.1) is 5.69 Å². The molecule has 0 radical (unpaired) electrons. The molecule has 2 rings (SSSR count). The summed E-state index contributed by atoms with van der Waals surface area (Å²) in [6.07, 6.45) is 0.829. The third-order valence-electron chi connectivity index (χ3n) is 3.75. The van der Waals surface area contributed by atoms with E-state index in [0.29, 0.717) is 5.92 Å². The molecule has 0 fully saturated rings. The third kappa shape index (κ3) is 3.28. The van der Waals surface area contributed by atoms with Gasteiger partial charge in [-0.1, -0.05) is 38.1 Å². The fraction of sp³-hybridized carbons (Fsp3) is 0.471. The first-order valence-corrected chi connectivity index (χ1v) is 7.40. The highest BCUT2D eigenvalue weighted by Crippen LogP contribution is 2.20. The topological polar surface area (TPSA) is 43.8 Å². The molecule has 0 aliphatic rings. The van der Waals surface area contributed by atoms with Crippen molar-refractivity contribution >= 4 is 0 Å². The molecule has 1 atom stereocenters. The predicted molar refractivity (Wildman–Crippen MR) is 83.8 cm³/mol. The van der Waals surface area contributed by atoms with Crippen LogP contribution in [0.4, 0.5) is 0 Å². The van der Waals surface area contributed by atoms with E-state index in [1.807, 2.05) is 11.6 Å². The maximum absolute atomic E-state index is 6.34. The number of hydrogen-bond donors (Lipinski definition) is 1. The summed E-state index contributed by atoms with van der Waals surface area (Å²) in [5.41, 5.74) is 11.2. The van der Waals surface area contributed by atoms with Crippen molar-refractivity contribution < 1.29 is 0 Å². The first-order valence-electron chi connectivity index (χ1n) is 7.40. The van der Waals surface area contributed by atoms with E-state index >= 15 is 0 Å². The molecule has 0 aliphatic heterocycles. The molecule has 0 amide bonds. The van der Waals surface area contributed by atoms with Gasteiger partial charge in [-0.3, -0.25) is 4.68 Å². The molecule has 1 aromatic heterocycles. The van der Waals surface area contributed by atoms with Crippen molar-refractivity contribution in [3.63, 3.8) is 0 Å². The lowest BCUT2D eigenvalue weighted by Crippen LogP contribution is -2.16. The maximum atomic E-state index is 6.34. The van der Waals surface area contributed by atoms with Crippen molar-refractivity contribution in [2.45, 2.75) is 52.6 Å². The van der Waals surface area contributed by atoms with Crippen LogP contribution in [0.1, 0.15) is 55.2 Å². The summed E-state index contributed by atoms with van der Waals surface area (Å²) in [7, 11) is 0. The first kappa shape index (κ1) is 14.8. The van der Waals surface area contributed by atoms with Gasteiger partial charge < -0.3 is 5.73 Å². The molecule has 0 spiro atoms. The second-order valence-corrected chi connectivity index (χ2v) is 5.72. The average molecular weight is 271 g/mol. The van der Waals surface area contributed by atoms with E-state index in [9.17, 15) is 0 Å². The Labute approximate surface area is 121 Å². The van der Waals surface area contributed by atoms with Crippen LogP contribution < -0.4 is 5.73 Å². The van der Waals surface area contributed by atoms with Crippen molar-refractivity contribution in [3.8, 4) is 0 Å². The second kappa shape index (κ2) is 6.23. The largest absolute Gasteiger partial charge is 0.324 e. The summed E-state index contributed by atoms with van der Waals surface area (Å²) in [5.74, 6) is 0.560. The van der Waals surface area contributed by atoms with Gasteiger partial charge >= 0.3 is 0 Å². The van der Waals surface area contributed by atoms with E-state index in [1.54, 1.807) is 0 Å². The van der Waals surface area contributed by atoms with Gasteiger partial charge in [0.15, 0.2) is 0 Å². The van der Waals surface area contributed by atoms with Crippen molar-refractivity contribution in [2.75, 3.05) is 0 Å². The van der Waals surface area contributed by atoms with Gasteiger partial charge in [0.25, 0.3) is 0 Å². The fourth-order valence-corrected chi connectivity index (χ4v) is 2.51. The summed E-state index contributed by atoms with van der Waals surface area (Å²) in [6, 6.07) is 10.8. The molecule has 108 valence electrons. The van der Waals surface area contributed by atoms with Crippen LogP contribution in [0, 0.1) is 6.92 Å². The molecule has 3 nitrogen and oxygen atoms in total. The lowest BCUT2D eigenvalue weighted by atomic mass is 9.97. The molecule has 1 unspecified atom stereocenters. The molecule has 3 heteroatoms. The zero-order valence-electron chi connectivity index (χ0n) is 12.9. The number of nitrogens with zero attached hydrogens (tertiary/aromatic N) is 2. The lowest BCUT2D eigenvalue weighted by Gasteiger charge is -2.14. The molecule has 0 saturated heterocycles. The van der Waals surface area contributed by atoms with E-state index in [0.717, 1.165) is 18.7 Å². The Morgan fingerprint density at radius 2 is 1.75 bits per heavy atom. The van der Waals surface area contributed by atoms with Crippen molar-refractivity contribution in [1.82, 2.24) is 9.78 Å². The molecule has 0 aliphatic carbocycles. The van der Waals surface area contributed by atoms with Gasteiger partial charge in [0, 0.05) is 24.7 Å². The van der Waals surface area contributed by atoms with Crippen LogP contribution in [-0.4, -0.2) is 9.78 Å². The van der Waals surface area contributed by atoms with Crippen LogP contribution in [-0.2, 0) is 13.0 Å². The minimum Gasteiger partial charge on any atom is -0.324 e. The predicted octanol–water partition coefficient (Wildman–Crippen LogP) is 3.58. The molecule has 1 heterocycles. The Hall–Kier alpha value is -1.61. The van der Waals surface area contributed by atoms with E-state index in [-0.39, 0.29) is 6.04 Å². The van der Waals surface area contributed by atoms with Crippen LogP contribution in [0.5, 0.6) is 0 Å². The number of aromatic nitrogens is 2.